The minimum atomic E-state index is -0.153. The molecule has 0 saturated carbocycles. The molecule has 2 aromatic heterocycles. The van der Waals surface area contributed by atoms with Crippen LogP contribution >= 0.6 is 11.8 Å². The molecule has 0 saturated heterocycles. The zero-order valence-electron chi connectivity index (χ0n) is 17.6. The van der Waals surface area contributed by atoms with Crippen molar-refractivity contribution in [1.29, 1.82) is 0 Å². The molecule has 1 aromatic carbocycles. The van der Waals surface area contributed by atoms with Crippen LogP contribution < -0.4 is 19.5 Å². The SMILES string of the molecule is CCOc1nn(CC)cc1-c1nnc(SCC(=O)Nc2ccc3c(c2)OCCO3)n1C. The first kappa shape index (κ1) is 21.0. The highest BCUT2D eigenvalue weighted by atomic mass is 32.2. The van der Waals surface area contributed by atoms with Gasteiger partial charge in [-0.15, -0.1) is 15.3 Å². The number of nitrogens with one attached hydrogen (secondary N) is 1. The minimum Gasteiger partial charge on any atom is -0.486 e. The Bertz CT molecular complexity index is 1080. The van der Waals surface area contributed by atoms with Crippen LogP contribution in [0.5, 0.6) is 17.4 Å². The number of rotatable bonds is 8. The van der Waals surface area contributed by atoms with Gasteiger partial charge in [0, 0.05) is 31.5 Å². The Balaban J connectivity index is 1.41. The van der Waals surface area contributed by atoms with Crippen LogP contribution in [-0.2, 0) is 18.4 Å². The zero-order chi connectivity index (χ0) is 21.8. The van der Waals surface area contributed by atoms with Crippen LogP contribution in [0.1, 0.15) is 13.8 Å². The first-order valence-corrected chi connectivity index (χ1v) is 11.0. The van der Waals surface area contributed by atoms with Crippen molar-refractivity contribution in [3.63, 3.8) is 0 Å². The Morgan fingerprint density at radius 3 is 2.81 bits per heavy atom. The first-order chi connectivity index (χ1) is 15.1. The Morgan fingerprint density at radius 1 is 1.23 bits per heavy atom. The fourth-order valence-corrected chi connectivity index (χ4v) is 3.80. The average molecular weight is 445 g/mol. The van der Waals surface area contributed by atoms with Gasteiger partial charge in [0.1, 0.15) is 18.8 Å². The number of benzene rings is 1. The van der Waals surface area contributed by atoms with Crippen molar-refractivity contribution in [2.45, 2.75) is 25.5 Å². The van der Waals surface area contributed by atoms with Crippen LogP contribution in [0, 0.1) is 0 Å². The molecule has 4 rings (SSSR count). The van der Waals surface area contributed by atoms with E-state index in [-0.39, 0.29) is 11.7 Å². The van der Waals surface area contributed by atoms with Crippen molar-refractivity contribution >= 4 is 23.4 Å². The molecular formula is C20H24N6O4S. The van der Waals surface area contributed by atoms with E-state index in [4.69, 9.17) is 14.2 Å². The summed E-state index contributed by atoms with van der Waals surface area (Å²) in [5, 5.41) is 16.4. The normalized spacial score (nSPS) is 12.6. The highest BCUT2D eigenvalue weighted by molar-refractivity contribution is 7.99. The molecule has 0 aliphatic carbocycles. The topological polar surface area (TPSA) is 105 Å². The summed E-state index contributed by atoms with van der Waals surface area (Å²) in [7, 11) is 1.86. The van der Waals surface area contributed by atoms with E-state index in [9.17, 15) is 4.79 Å². The molecule has 0 atom stereocenters. The summed E-state index contributed by atoms with van der Waals surface area (Å²) >= 11 is 1.30. The quantitative estimate of drug-likeness (QED) is 0.529. The number of ether oxygens (including phenoxy) is 3. The van der Waals surface area contributed by atoms with Crippen molar-refractivity contribution in [2.24, 2.45) is 7.05 Å². The van der Waals surface area contributed by atoms with Crippen LogP contribution in [0.15, 0.2) is 29.6 Å². The Hall–Kier alpha value is -3.21. The second kappa shape index (κ2) is 9.29. The fraction of sp³-hybridized carbons (Fsp3) is 0.400. The lowest BCUT2D eigenvalue weighted by Crippen LogP contribution is -2.17. The Morgan fingerprint density at radius 2 is 2.03 bits per heavy atom. The van der Waals surface area contributed by atoms with E-state index < -0.39 is 0 Å². The number of aryl methyl sites for hydroxylation is 1. The highest BCUT2D eigenvalue weighted by Gasteiger charge is 2.20. The number of amides is 1. The lowest BCUT2D eigenvalue weighted by Gasteiger charge is -2.18. The maximum Gasteiger partial charge on any atom is 0.243 e. The monoisotopic (exact) mass is 444 g/mol. The van der Waals surface area contributed by atoms with Crippen LogP contribution in [0.2, 0.25) is 0 Å². The summed E-state index contributed by atoms with van der Waals surface area (Å²) in [5.74, 6) is 2.51. The van der Waals surface area contributed by atoms with Crippen molar-refractivity contribution in [3.05, 3.63) is 24.4 Å². The maximum atomic E-state index is 12.4. The molecule has 1 amide bonds. The van der Waals surface area contributed by atoms with Gasteiger partial charge in [-0.1, -0.05) is 11.8 Å². The molecule has 0 radical (unpaired) electrons. The molecule has 164 valence electrons. The van der Waals surface area contributed by atoms with E-state index in [2.05, 4.69) is 20.6 Å². The summed E-state index contributed by atoms with van der Waals surface area (Å²) < 4.78 is 20.3. The Kier molecular flexibility index (Phi) is 6.31. The van der Waals surface area contributed by atoms with Crippen LogP contribution in [0.25, 0.3) is 11.4 Å². The van der Waals surface area contributed by atoms with Gasteiger partial charge in [-0.25, -0.2) is 0 Å². The predicted molar refractivity (Wildman–Crippen MR) is 116 cm³/mol. The summed E-state index contributed by atoms with van der Waals surface area (Å²) in [6.07, 6.45) is 1.89. The van der Waals surface area contributed by atoms with E-state index in [1.54, 1.807) is 22.9 Å². The van der Waals surface area contributed by atoms with Gasteiger partial charge in [0.25, 0.3) is 0 Å². The molecule has 0 fully saturated rings. The third-order valence-corrected chi connectivity index (χ3v) is 5.59. The van der Waals surface area contributed by atoms with Crippen molar-refractivity contribution in [2.75, 3.05) is 30.9 Å². The minimum absolute atomic E-state index is 0.153. The molecule has 11 heteroatoms. The second-order valence-corrected chi connectivity index (χ2v) is 7.64. The smallest absolute Gasteiger partial charge is 0.243 e. The molecule has 1 aliphatic rings. The molecule has 1 N–H and O–H groups in total. The third-order valence-electron chi connectivity index (χ3n) is 4.57. The van der Waals surface area contributed by atoms with Gasteiger partial charge in [-0.2, -0.15) is 0 Å². The standard InChI is InChI=1S/C20H24N6O4S/c1-4-26-11-14(19(24-26)28-5-2)18-22-23-20(25(18)3)31-12-17(27)21-13-6-7-15-16(10-13)30-9-8-29-15/h6-7,10-11H,4-5,8-9,12H2,1-3H3,(H,21,27). The zero-order valence-corrected chi connectivity index (χ0v) is 18.4. The molecular weight excluding hydrogens is 420 g/mol. The van der Waals surface area contributed by atoms with Gasteiger partial charge in [0.2, 0.25) is 11.8 Å². The van der Waals surface area contributed by atoms with E-state index in [0.29, 0.717) is 53.9 Å². The molecule has 0 unspecified atom stereocenters. The van der Waals surface area contributed by atoms with Gasteiger partial charge < -0.3 is 24.1 Å². The van der Waals surface area contributed by atoms with Gasteiger partial charge >= 0.3 is 0 Å². The first-order valence-electron chi connectivity index (χ1n) is 10.0. The van der Waals surface area contributed by atoms with E-state index >= 15 is 0 Å². The number of nitrogens with zero attached hydrogens (tertiary/aromatic N) is 5. The summed E-state index contributed by atoms with van der Waals surface area (Å²) in [5.41, 5.74) is 1.42. The van der Waals surface area contributed by atoms with Gasteiger partial charge in [0.15, 0.2) is 22.5 Å². The lowest BCUT2D eigenvalue weighted by molar-refractivity contribution is -0.113. The number of fused-ring (bicyclic) bond motifs is 1. The molecule has 31 heavy (non-hydrogen) atoms. The number of hydrogen-bond acceptors (Lipinski definition) is 8. The van der Waals surface area contributed by atoms with Gasteiger partial charge in [-0.05, 0) is 26.0 Å². The summed E-state index contributed by atoms with van der Waals surface area (Å²) in [6, 6.07) is 5.34. The number of thioether (sulfide) groups is 1. The van der Waals surface area contributed by atoms with E-state index in [0.717, 1.165) is 12.1 Å². The predicted octanol–water partition coefficient (Wildman–Crippen LogP) is 2.60. The number of carbonyl (C=O) groups excluding carboxylic acids is 1. The van der Waals surface area contributed by atoms with E-state index in [1.165, 1.54) is 11.8 Å². The highest BCUT2D eigenvalue weighted by Crippen LogP contribution is 2.33. The van der Waals surface area contributed by atoms with Crippen LogP contribution in [-0.4, -0.2) is 56.0 Å². The number of carbonyl (C=O) groups is 1. The molecule has 0 spiro atoms. The second-order valence-electron chi connectivity index (χ2n) is 6.70. The van der Waals surface area contributed by atoms with Crippen molar-refractivity contribution < 1.29 is 19.0 Å². The average Bonchev–Trinajstić information content (AvgIpc) is 3.35. The lowest BCUT2D eigenvalue weighted by atomic mass is 10.2. The molecule has 3 aromatic rings. The van der Waals surface area contributed by atoms with E-state index in [1.807, 2.05) is 31.7 Å². The van der Waals surface area contributed by atoms with Crippen molar-refractivity contribution in [1.82, 2.24) is 24.5 Å². The Labute approximate surface area is 183 Å². The number of aromatic nitrogens is 5. The molecule has 3 heterocycles. The molecule has 0 bridgehead atoms. The third kappa shape index (κ3) is 4.61. The fourth-order valence-electron chi connectivity index (χ4n) is 3.09. The largest absolute Gasteiger partial charge is 0.486 e. The van der Waals surface area contributed by atoms with Gasteiger partial charge in [-0.3, -0.25) is 9.48 Å². The number of anilines is 1. The molecule has 10 nitrogen and oxygen atoms in total. The van der Waals surface area contributed by atoms with Crippen LogP contribution in [0.4, 0.5) is 5.69 Å². The van der Waals surface area contributed by atoms with Gasteiger partial charge in [0.05, 0.1) is 12.4 Å². The molecule has 1 aliphatic heterocycles. The maximum absolute atomic E-state index is 12.4. The summed E-state index contributed by atoms with van der Waals surface area (Å²) in [4.78, 5) is 12.4. The van der Waals surface area contributed by atoms with Crippen molar-refractivity contribution in [3.8, 4) is 28.8 Å². The number of hydrogen-bond donors (Lipinski definition) is 1. The van der Waals surface area contributed by atoms with Crippen LogP contribution in [0.3, 0.4) is 0 Å². The summed E-state index contributed by atoms with van der Waals surface area (Å²) in [6.45, 7) is 6.17.